The standard InChI is InChI=1S/C15H17FN2O3/c1-18-12(3-5-14(18)19)15(20)17-11-6-7-21-13-4-2-9(16)8-10(11)13/h2,4,8,11-12H,3,5-7H2,1H3,(H,17,20)/t11-,12-/m0/s1. The average molecular weight is 292 g/mol. The van der Waals surface area contributed by atoms with Gasteiger partial charge in [-0.3, -0.25) is 9.59 Å². The lowest BCUT2D eigenvalue weighted by Crippen LogP contribution is -2.44. The van der Waals surface area contributed by atoms with E-state index in [4.69, 9.17) is 4.74 Å². The number of carbonyl (C=O) groups is 2. The number of hydrogen-bond donors (Lipinski definition) is 1. The first-order chi connectivity index (χ1) is 10.1. The lowest BCUT2D eigenvalue weighted by molar-refractivity contribution is -0.134. The smallest absolute Gasteiger partial charge is 0.243 e. The van der Waals surface area contributed by atoms with Gasteiger partial charge in [0.15, 0.2) is 0 Å². The Balaban J connectivity index is 1.76. The third-order valence-electron chi connectivity index (χ3n) is 4.12. The van der Waals surface area contributed by atoms with Crippen LogP contribution in [0.25, 0.3) is 0 Å². The molecule has 1 N–H and O–H groups in total. The Bertz CT molecular complexity index is 590. The largest absolute Gasteiger partial charge is 0.493 e. The van der Waals surface area contributed by atoms with Gasteiger partial charge in [-0.15, -0.1) is 0 Å². The van der Waals surface area contributed by atoms with Crippen molar-refractivity contribution < 1.29 is 18.7 Å². The van der Waals surface area contributed by atoms with Crippen LogP contribution in [0.4, 0.5) is 4.39 Å². The van der Waals surface area contributed by atoms with E-state index in [9.17, 15) is 14.0 Å². The summed E-state index contributed by atoms with van der Waals surface area (Å²) < 4.78 is 18.9. The first-order valence-electron chi connectivity index (χ1n) is 7.04. The molecule has 0 unspecified atom stereocenters. The van der Waals surface area contributed by atoms with Crippen molar-refractivity contribution in [2.45, 2.75) is 31.3 Å². The molecule has 2 aliphatic heterocycles. The molecule has 2 heterocycles. The van der Waals surface area contributed by atoms with Crippen LogP contribution >= 0.6 is 0 Å². The van der Waals surface area contributed by atoms with Gasteiger partial charge in [0, 0.05) is 25.5 Å². The van der Waals surface area contributed by atoms with Crippen molar-refractivity contribution in [2.75, 3.05) is 13.7 Å². The summed E-state index contributed by atoms with van der Waals surface area (Å²) in [5.74, 6) is 0.0366. The minimum Gasteiger partial charge on any atom is -0.493 e. The highest BCUT2D eigenvalue weighted by atomic mass is 19.1. The summed E-state index contributed by atoms with van der Waals surface area (Å²) in [6, 6.07) is 3.60. The molecule has 0 bridgehead atoms. The molecule has 1 saturated heterocycles. The zero-order chi connectivity index (χ0) is 15.0. The minimum absolute atomic E-state index is 0.0198. The highest BCUT2D eigenvalue weighted by Crippen LogP contribution is 2.32. The SMILES string of the molecule is CN1C(=O)CC[C@H]1C(=O)N[C@H]1CCOc2ccc(F)cc21. The summed E-state index contributed by atoms with van der Waals surface area (Å²) >= 11 is 0. The van der Waals surface area contributed by atoms with Crippen LogP contribution in [0.2, 0.25) is 0 Å². The molecule has 6 heteroatoms. The molecule has 2 amide bonds. The molecule has 2 atom stereocenters. The second-order valence-electron chi connectivity index (χ2n) is 5.44. The van der Waals surface area contributed by atoms with Gasteiger partial charge in [0.2, 0.25) is 11.8 Å². The Labute approximate surface area is 122 Å². The van der Waals surface area contributed by atoms with Gasteiger partial charge in [0.25, 0.3) is 0 Å². The van der Waals surface area contributed by atoms with Crippen LogP contribution in [0.15, 0.2) is 18.2 Å². The van der Waals surface area contributed by atoms with Crippen molar-refractivity contribution in [3.8, 4) is 5.75 Å². The van der Waals surface area contributed by atoms with Crippen LogP contribution in [0, 0.1) is 5.82 Å². The van der Waals surface area contributed by atoms with E-state index in [-0.39, 0.29) is 23.7 Å². The number of rotatable bonds is 2. The summed E-state index contributed by atoms with van der Waals surface area (Å²) in [7, 11) is 1.64. The molecule has 1 fully saturated rings. The number of halogens is 1. The fourth-order valence-electron chi connectivity index (χ4n) is 2.89. The van der Waals surface area contributed by atoms with Gasteiger partial charge < -0.3 is 15.0 Å². The first-order valence-corrected chi connectivity index (χ1v) is 7.04. The number of amides is 2. The maximum absolute atomic E-state index is 13.4. The quantitative estimate of drug-likeness (QED) is 0.896. The topological polar surface area (TPSA) is 58.6 Å². The summed E-state index contributed by atoms with van der Waals surface area (Å²) in [5.41, 5.74) is 0.654. The molecule has 1 aromatic carbocycles. The molecule has 1 aromatic rings. The number of benzene rings is 1. The maximum Gasteiger partial charge on any atom is 0.243 e. The molecule has 112 valence electrons. The third-order valence-corrected chi connectivity index (χ3v) is 4.12. The molecule has 0 spiro atoms. The summed E-state index contributed by atoms with van der Waals surface area (Å²) in [4.78, 5) is 25.3. The molecule has 0 saturated carbocycles. The molecular formula is C15H17FN2O3. The van der Waals surface area contributed by atoms with Crippen LogP contribution in [0.3, 0.4) is 0 Å². The second-order valence-corrected chi connectivity index (χ2v) is 5.44. The molecule has 0 aliphatic carbocycles. The number of hydrogen-bond acceptors (Lipinski definition) is 3. The normalized spacial score (nSPS) is 24.5. The van der Waals surface area contributed by atoms with E-state index in [0.717, 1.165) is 0 Å². The van der Waals surface area contributed by atoms with Gasteiger partial charge in [-0.2, -0.15) is 0 Å². The molecule has 0 aromatic heterocycles. The van der Waals surface area contributed by atoms with E-state index in [2.05, 4.69) is 5.32 Å². The Morgan fingerprint density at radius 1 is 1.43 bits per heavy atom. The Morgan fingerprint density at radius 3 is 2.95 bits per heavy atom. The second kappa shape index (κ2) is 5.35. The van der Waals surface area contributed by atoms with Gasteiger partial charge in [0.1, 0.15) is 17.6 Å². The van der Waals surface area contributed by atoms with Crippen molar-refractivity contribution in [3.63, 3.8) is 0 Å². The van der Waals surface area contributed by atoms with Gasteiger partial charge in [-0.1, -0.05) is 0 Å². The van der Waals surface area contributed by atoms with E-state index in [1.54, 1.807) is 13.1 Å². The van der Waals surface area contributed by atoms with Gasteiger partial charge in [-0.05, 0) is 24.6 Å². The summed E-state index contributed by atoms with van der Waals surface area (Å²) in [5, 5.41) is 2.92. The van der Waals surface area contributed by atoms with Crippen molar-refractivity contribution in [3.05, 3.63) is 29.6 Å². The molecule has 0 radical (unpaired) electrons. The van der Waals surface area contributed by atoms with Crippen molar-refractivity contribution in [2.24, 2.45) is 0 Å². The summed E-state index contributed by atoms with van der Waals surface area (Å²) in [6.07, 6.45) is 1.51. The van der Waals surface area contributed by atoms with Crippen LogP contribution < -0.4 is 10.1 Å². The molecule has 2 aliphatic rings. The monoisotopic (exact) mass is 292 g/mol. The number of carbonyl (C=O) groups excluding carboxylic acids is 2. The van der Waals surface area contributed by atoms with E-state index in [1.165, 1.54) is 17.0 Å². The number of likely N-dealkylation sites (tertiary alicyclic amines) is 1. The predicted octanol–water partition coefficient (Wildman–Crippen LogP) is 1.39. The van der Waals surface area contributed by atoms with Crippen molar-refractivity contribution >= 4 is 11.8 Å². The number of fused-ring (bicyclic) bond motifs is 1. The maximum atomic E-state index is 13.4. The molecular weight excluding hydrogens is 275 g/mol. The molecule has 5 nitrogen and oxygen atoms in total. The highest BCUT2D eigenvalue weighted by Gasteiger charge is 2.35. The van der Waals surface area contributed by atoms with Crippen LogP contribution in [0.1, 0.15) is 30.9 Å². The molecule has 3 rings (SSSR count). The highest BCUT2D eigenvalue weighted by molar-refractivity contribution is 5.90. The summed E-state index contributed by atoms with van der Waals surface area (Å²) in [6.45, 7) is 0.475. The fraction of sp³-hybridized carbons (Fsp3) is 0.467. The van der Waals surface area contributed by atoms with E-state index in [0.29, 0.717) is 37.2 Å². The molecule has 21 heavy (non-hydrogen) atoms. The minimum atomic E-state index is -0.433. The Kier molecular flexibility index (Phi) is 3.53. The third kappa shape index (κ3) is 2.57. The number of nitrogens with zero attached hydrogens (tertiary/aromatic N) is 1. The van der Waals surface area contributed by atoms with Crippen molar-refractivity contribution in [1.82, 2.24) is 10.2 Å². The number of nitrogens with one attached hydrogen (secondary N) is 1. The first kappa shape index (κ1) is 13.9. The van der Waals surface area contributed by atoms with Crippen molar-refractivity contribution in [1.29, 1.82) is 0 Å². The van der Waals surface area contributed by atoms with E-state index in [1.807, 2.05) is 0 Å². The lowest BCUT2D eigenvalue weighted by atomic mass is 10.00. The van der Waals surface area contributed by atoms with Gasteiger partial charge in [0.05, 0.1) is 12.6 Å². The Morgan fingerprint density at radius 2 is 2.24 bits per heavy atom. The number of likely N-dealkylation sites (N-methyl/N-ethyl adjacent to an activating group) is 1. The van der Waals surface area contributed by atoms with E-state index < -0.39 is 6.04 Å². The average Bonchev–Trinajstić information content (AvgIpc) is 2.80. The van der Waals surface area contributed by atoms with E-state index >= 15 is 0 Å². The number of ether oxygens (including phenoxy) is 1. The van der Waals surface area contributed by atoms with Crippen LogP contribution in [0.5, 0.6) is 5.75 Å². The Hall–Kier alpha value is -2.11. The van der Waals surface area contributed by atoms with Gasteiger partial charge >= 0.3 is 0 Å². The fourth-order valence-corrected chi connectivity index (χ4v) is 2.89. The van der Waals surface area contributed by atoms with Crippen LogP contribution in [-0.2, 0) is 9.59 Å². The predicted molar refractivity (Wildman–Crippen MR) is 73.2 cm³/mol. The van der Waals surface area contributed by atoms with Gasteiger partial charge in [-0.25, -0.2) is 4.39 Å². The zero-order valence-corrected chi connectivity index (χ0v) is 11.8. The zero-order valence-electron chi connectivity index (χ0n) is 11.8. The van der Waals surface area contributed by atoms with Crippen LogP contribution in [-0.4, -0.2) is 36.4 Å². The lowest BCUT2D eigenvalue weighted by Gasteiger charge is -2.28.